The van der Waals surface area contributed by atoms with Gasteiger partial charge in [0.1, 0.15) is 11.4 Å². The average molecular weight is 534 g/mol. The first-order chi connectivity index (χ1) is 17.2. The van der Waals surface area contributed by atoms with Gasteiger partial charge in [0.05, 0.1) is 28.5 Å². The minimum absolute atomic E-state index is 0. The Morgan fingerprint density at radius 2 is 1.70 bits per heavy atom. The number of aromatic nitrogens is 1. The maximum absolute atomic E-state index is 15.1. The van der Waals surface area contributed by atoms with Gasteiger partial charge in [0.2, 0.25) is 0 Å². The molecule has 0 saturated carbocycles. The summed E-state index contributed by atoms with van der Waals surface area (Å²) < 4.78 is 63.3. The molecule has 0 atom stereocenters. The number of fused-ring (bicyclic) bond motifs is 2. The van der Waals surface area contributed by atoms with E-state index in [4.69, 9.17) is 4.42 Å². The second-order valence-corrected chi connectivity index (χ2v) is 8.96. The largest absolute Gasteiger partial charge is 0.464 e. The molecule has 2 N–H and O–H groups in total. The normalized spacial score (nSPS) is 17.1. The first-order valence-electron chi connectivity index (χ1n) is 11.4. The molecule has 4 heterocycles. The van der Waals surface area contributed by atoms with Crippen molar-refractivity contribution in [2.24, 2.45) is 0 Å². The van der Waals surface area contributed by atoms with Gasteiger partial charge < -0.3 is 14.3 Å². The highest BCUT2D eigenvalue weighted by Crippen LogP contribution is 2.42. The topological polar surface area (TPSA) is 76.3 Å². The summed E-state index contributed by atoms with van der Waals surface area (Å²) in [5, 5.41) is 6.12. The second-order valence-electron chi connectivity index (χ2n) is 8.96. The Morgan fingerprint density at radius 1 is 0.973 bits per heavy atom. The van der Waals surface area contributed by atoms with Crippen LogP contribution in [0.1, 0.15) is 35.6 Å². The van der Waals surface area contributed by atoms with Gasteiger partial charge in [-0.1, -0.05) is 0 Å². The fourth-order valence-electron chi connectivity index (χ4n) is 5.21. The number of carbonyl (C=O) groups excluding carboxylic acids is 2. The van der Waals surface area contributed by atoms with Crippen LogP contribution in [0.5, 0.6) is 0 Å². The van der Waals surface area contributed by atoms with Crippen LogP contribution in [0.25, 0.3) is 33.0 Å². The third-order valence-electron chi connectivity index (χ3n) is 6.88. The molecular formula is C26H20ClF4N3O3. The second kappa shape index (κ2) is 9.04. The van der Waals surface area contributed by atoms with E-state index < -0.39 is 29.4 Å². The fraction of sp³-hybridized carbons (Fsp3) is 0.231. The third kappa shape index (κ3) is 4.00. The van der Waals surface area contributed by atoms with Gasteiger partial charge >= 0.3 is 6.18 Å². The number of benzene rings is 2. The molecule has 0 radical (unpaired) electrons. The number of hydrogen-bond acceptors (Lipinski definition) is 4. The van der Waals surface area contributed by atoms with Crippen LogP contribution in [0.15, 0.2) is 53.3 Å². The SMILES string of the molecule is Cl.O=C1NC(=O)C(c2c(F)ccc3ccoc23)=C1c1cn(C2CCNCC2)c2ccc(C(F)(F)F)cc12. The summed E-state index contributed by atoms with van der Waals surface area (Å²) in [6.45, 7) is 1.47. The first-order valence-corrected chi connectivity index (χ1v) is 11.4. The molecule has 0 bridgehead atoms. The Labute approximate surface area is 213 Å². The highest BCUT2D eigenvalue weighted by atomic mass is 35.5. The lowest BCUT2D eigenvalue weighted by atomic mass is 9.94. The summed E-state index contributed by atoms with van der Waals surface area (Å²) in [7, 11) is 0. The number of hydrogen-bond donors (Lipinski definition) is 2. The molecule has 6 rings (SSSR count). The number of rotatable bonds is 3. The van der Waals surface area contributed by atoms with Crippen molar-refractivity contribution in [3.8, 4) is 0 Å². The lowest BCUT2D eigenvalue weighted by molar-refractivity contribution is -0.137. The van der Waals surface area contributed by atoms with E-state index in [-0.39, 0.29) is 51.7 Å². The van der Waals surface area contributed by atoms with E-state index in [1.165, 1.54) is 18.4 Å². The van der Waals surface area contributed by atoms with Gasteiger partial charge in [0.25, 0.3) is 11.8 Å². The van der Waals surface area contributed by atoms with Crippen LogP contribution in [0.3, 0.4) is 0 Å². The van der Waals surface area contributed by atoms with Crippen LogP contribution in [0.2, 0.25) is 0 Å². The predicted molar refractivity (Wildman–Crippen MR) is 131 cm³/mol. The number of alkyl halides is 3. The maximum Gasteiger partial charge on any atom is 0.416 e. The van der Waals surface area contributed by atoms with Crippen molar-refractivity contribution >= 4 is 57.2 Å². The van der Waals surface area contributed by atoms with Crippen molar-refractivity contribution in [1.82, 2.24) is 15.2 Å². The summed E-state index contributed by atoms with van der Waals surface area (Å²) in [6, 6.07) is 7.57. The number of piperidine rings is 1. The summed E-state index contributed by atoms with van der Waals surface area (Å²) in [5.41, 5.74) is -0.822. The van der Waals surface area contributed by atoms with Gasteiger partial charge in [0.15, 0.2) is 0 Å². The van der Waals surface area contributed by atoms with Crippen molar-refractivity contribution in [2.45, 2.75) is 25.1 Å². The Balaban J connectivity index is 0.00000280. The summed E-state index contributed by atoms with van der Waals surface area (Å²) in [6.07, 6.45) is -0.196. The first kappa shape index (κ1) is 25.0. The lowest BCUT2D eigenvalue weighted by Crippen LogP contribution is -2.29. The summed E-state index contributed by atoms with van der Waals surface area (Å²) in [5.74, 6) is -2.43. The number of furan rings is 1. The molecule has 0 aliphatic carbocycles. The lowest BCUT2D eigenvalue weighted by Gasteiger charge is -2.25. The van der Waals surface area contributed by atoms with E-state index in [1.54, 1.807) is 12.3 Å². The van der Waals surface area contributed by atoms with Crippen LogP contribution in [-0.4, -0.2) is 29.5 Å². The van der Waals surface area contributed by atoms with Gasteiger partial charge in [-0.25, -0.2) is 4.39 Å². The quantitative estimate of drug-likeness (QED) is 0.271. The fourth-order valence-corrected chi connectivity index (χ4v) is 5.21. The van der Waals surface area contributed by atoms with Crippen LogP contribution in [-0.2, 0) is 15.8 Å². The Bertz CT molecular complexity index is 1600. The maximum atomic E-state index is 15.1. The molecule has 2 amide bonds. The number of halogens is 5. The minimum Gasteiger partial charge on any atom is -0.464 e. The zero-order chi connectivity index (χ0) is 25.2. The zero-order valence-electron chi connectivity index (χ0n) is 19.1. The van der Waals surface area contributed by atoms with Gasteiger partial charge in [-0.3, -0.25) is 14.9 Å². The zero-order valence-corrected chi connectivity index (χ0v) is 19.9. The van der Waals surface area contributed by atoms with Crippen molar-refractivity contribution in [3.63, 3.8) is 0 Å². The molecule has 37 heavy (non-hydrogen) atoms. The number of nitrogens with zero attached hydrogens (tertiary/aromatic N) is 1. The molecule has 2 aliphatic rings. The molecular weight excluding hydrogens is 514 g/mol. The van der Waals surface area contributed by atoms with Crippen molar-refractivity contribution < 1.29 is 31.6 Å². The average Bonchev–Trinajstić information content (AvgIpc) is 3.54. The monoisotopic (exact) mass is 533 g/mol. The molecule has 4 aromatic rings. The van der Waals surface area contributed by atoms with Crippen LogP contribution >= 0.6 is 12.4 Å². The molecule has 11 heteroatoms. The third-order valence-corrected chi connectivity index (χ3v) is 6.88. The standard InChI is InChI=1S/C26H19F4N3O3.ClH/c27-18-3-1-13-7-10-36-23(13)21(18)22-20(24(34)32-25(22)35)17-12-33(15-5-8-31-9-6-15)19-4-2-14(11-16(17)19)26(28,29)30;/h1-4,7,10-12,15,31H,5-6,8-9H2,(H,32,34,35);1H. The number of carbonyl (C=O) groups is 2. The van der Waals surface area contributed by atoms with Crippen LogP contribution in [0.4, 0.5) is 17.6 Å². The molecule has 2 aromatic heterocycles. The van der Waals surface area contributed by atoms with Gasteiger partial charge in [-0.15, -0.1) is 12.4 Å². The molecule has 1 fully saturated rings. The number of imide groups is 1. The molecule has 6 nitrogen and oxygen atoms in total. The Kier molecular flexibility index (Phi) is 6.12. The summed E-state index contributed by atoms with van der Waals surface area (Å²) >= 11 is 0. The van der Waals surface area contributed by atoms with E-state index in [0.717, 1.165) is 44.1 Å². The van der Waals surface area contributed by atoms with E-state index in [0.29, 0.717) is 10.9 Å². The molecule has 192 valence electrons. The minimum atomic E-state index is -4.61. The predicted octanol–water partition coefficient (Wildman–Crippen LogP) is 5.46. The van der Waals surface area contributed by atoms with Crippen LogP contribution in [0, 0.1) is 5.82 Å². The van der Waals surface area contributed by atoms with E-state index in [1.807, 2.05) is 4.57 Å². The van der Waals surface area contributed by atoms with Gasteiger partial charge in [-0.2, -0.15) is 13.2 Å². The highest BCUT2D eigenvalue weighted by Gasteiger charge is 2.38. The number of nitrogens with one attached hydrogen (secondary N) is 2. The Hall–Kier alpha value is -3.63. The smallest absolute Gasteiger partial charge is 0.416 e. The van der Waals surface area contributed by atoms with Crippen LogP contribution < -0.4 is 10.6 Å². The molecule has 2 aliphatic heterocycles. The van der Waals surface area contributed by atoms with Crippen molar-refractivity contribution in [1.29, 1.82) is 0 Å². The van der Waals surface area contributed by atoms with Gasteiger partial charge in [0, 0.05) is 34.1 Å². The van der Waals surface area contributed by atoms with E-state index >= 15 is 4.39 Å². The number of amides is 2. The highest BCUT2D eigenvalue weighted by molar-refractivity contribution is 6.50. The van der Waals surface area contributed by atoms with Gasteiger partial charge in [-0.05, 0) is 62.3 Å². The van der Waals surface area contributed by atoms with Crippen molar-refractivity contribution in [3.05, 3.63) is 71.4 Å². The molecule has 1 saturated heterocycles. The van der Waals surface area contributed by atoms with E-state index in [9.17, 15) is 22.8 Å². The molecule has 0 unspecified atom stereocenters. The van der Waals surface area contributed by atoms with E-state index in [2.05, 4.69) is 10.6 Å². The van der Waals surface area contributed by atoms with Crippen molar-refractivity contribution in [2.75, 3.05) is 13.1 Å². The molecule has 0 spiro atoms. The molecule has 2 aromatic carbocycles. The Morgan fingerprint density at radius 3 is 2.43 bits per heavy atom. The summed E-state index contributed by atoms with van der Waals surface area (Å²) in [4.78, 5) is 26.0.